The number of methoxy groups -OCH3 is 1. The van der Waals surface area contributed by atoms with Crippen molar-refractivity contribution in [3.05, 3.63) is 95.3 Å². The highest BCUT2D eigenvalue weighted by Gasteiger charge is 2.17. The average molecular weight is 405 g/mol. The highest BCUT2D eigenvalue weighted by molar-refractivity contribution is 5.94. The zero-order chi connectivity index (χ0) is 21.3. The van der Waals surface area contributed by atoms with Crippen molar-refractivity contribution in [3.8, 4) is 5.75 Å². The van der Waals surface area contributed by atoms with E-state index in [-0.39, 0.29) is 12.0 Å². The van der Waals surface area contributed by atoms with Gasteiger partial charge < -0.3 is 14.4 Å². The maximum absolute atomic E-state index is 13.3. The molecule has 0 bridgehead atoms. The van der Waals surface area contributed by atoms with E-state index in [0.717, 1.165) is 22.4 Å². The molecule has 0 radical (unpaired) electrons. The summed E-state index contributed by atoms with van der Waals surface area (Å²) in [5, 5.41) is 0. The van der Waals surface area contributed by atoms with Crippen LogP contribution in [0, 0.1) is 6.92 Å². The number of pyridine rings is 1. The van der Waals surface area contributed by atoms with E-state index in [0.29, 0.717) is 25.3 Å². The summed E-state index contributed by atoms with van der Waals surface area (Å²) in [6, 6.07) is 19.4. The van der Waals surface area contributed by atoms with Gasteiger partial charge in [0.15, 0.2) is 0 Å². The van der Waals surface area contributed by atoms with Crippen LogP contribution in [0.25, 0.3) is 0 Å². The van der Waals surface area contributed by atoms with Gasteiger partial charge in [0.2, 0.25) is 0 Å². The molecule has 0 aliphatic heterocycles. The third-order valence-corrected chi connectivity index (χ3v) is 4.72. The number of carbonyl (C=O) groups is 1. The van der Waals surface area contributed by atoms with Crippen LogP contribution in [0.4, 0.5) is 0 Å². The first kappa shape index (κ1) is 21.5. The second-order valence-electron chi connectivity index (χ2n) is 7.41. The molecule has 0 aliphatic carbocycles. The van der Waals surface area contributed by atoms with Crippen molar-refractivity contribution < 1.29 is 14.3 Å². The second-order valence-corrected chi connectivity index (χ2v) is 7.41. The molecule has 1 heterocycles. The van der Waals surface area contributed by atoms with Crippen LogP contribution in [-0.4, -0.2) is 35.6 Å². The summed E-state index contributed by atoms with van der Waals surface area (Å²) in [6.07, 6.45) is 3.44. The summed E-state index contributed by atoms with van der Waals surface area (Å²) in [5.74, 6) is 0.759. The standard InChI is InChI=1S/C25H28N2O3/c1-19-7-9-23(10-8-19)25(28)27(16-21-11-13-26-14-12-21)17-22-5-4-6-24(15-22)30-20(2)18-29-3/h4-15,20H,16-18H2,1-3H3/t20-/m1/s1. The van der Waals surface area contributed by atoms with Gasteiger partial charge in [-0.2, -0.15) is 0 Å². The summed E-state index contributed by atoms with van der Waals surface area (Å²) >= 11 is 0. The molecule has 0 saturated carbocycles. The molecule has 3 aromatic rings. The van der Waals surface area contributed by atoms with Crippen LogP contribution in [0.2, 0.25) is 0 Å². The van der Waals surface area contributed by atoms with E-state index in [4.69, 9.17) is 9.47 Å². The molecular formula is C25H28N2O3. The summed E-state index contributed by atoms with van der Waals surface area (Å²) in [4.78, 5) is 19.2. The maximum atomic E-state index is 13.3. The van der Waals surface area contributed by atoms with Crippen molar-refractivity contribution in [2.45, 2.75) is 33.0 Å². The van der Waals surface area contributed by atoms with Gasteiger partial charge in [0.1, 0.15) is 11.9 Å². The minimum atomic E-state index is -0.0487. The molecule has 1 amide bonds. The highest BCUT2D eigenvalue weighted by Crippen LogP contribution is 2.19. The minimum absolute atomic E-state index is 0.00844. The third kappa shape index (κ3) is 6.16. The Morgan fingerprint density at radius 1 is 1.00 bits per heavy atom. The molecule has 2 aromatic carbocycles. The molecule has 0 fully saturated rings. The van der Waals surface area contributed by atoms with Crippen LogP contribution in [-0.2, 0) is 17.8 Å². The molecule has 5 heteroatoms. The van der Waals surface area contributed by atoms with Crippen LogP contribution in [0.3, 0.4) is 0 Å². The number of rotatable bonds is 9. The maximum Gasteiger partial charge on any atom is 0.254 e. The van der Waals surface area contributed by atoms with E-state index >= 15 is 0 Å². The highest BCUT2D eigenvalue weighted by atomic mass is 16.5. The van der Waals surface area contributed by atoms with Gasteiger partial charge >= 0.3 is 0 Å². The molecule has 156 valence electrons. The summed E-state index contributed by atoms with van der Waals surface area (Å²) in [5.41, 5.74) is 3.84. The van der Waals surface area contributed by atoms with Crippen molar-refractivity contribution in [2.24, 2.45) is 0 Å². The van der Waals surface area contributed by atoms with Gasteiger partial charge in [-0.3, -0.25) is 9.78 Å². The first-order valence-corrected chi connectivity index (χ1v) is 10.0. The van der Waals surface area contributed by atoms with E-state index in [9.17, 15) is 4.79 Å². The summed E-state index contributed by atoms with van der Waals surface area (Å²) in [7, 11) is 1.66. The number of nitrogens with zero attached hydrogens (tertiary/aromatic N) is 2. The summed E-state index contributed by atoms with van der Waals surface area (Å²) < 4.78 is 11.1. The van der Waals surface area contributed by atoms with Gasteiger partial charge in [-0.1, -0.05) is 29.8 Å². The third-order valence-electron chi connectivity index (χ3n) is 4.72. The largest absolute Gasteiger partial charge is 0.488 e. The van der Waals surface area contributed by atoms with Crippen LogP contribution in [0.1, 0.15) is 34.0 Å². The van der Waals surface area contributed by atoms with Crippen LogP contribution in [0.15, 0.2) is 73.1 Å². The molecule has 3 rings (SSSR count). The van der Waals surface area contributed by atoms with Crippen LogP contribution < -0.4 is 4.74 Å². The number of aryl methyl sites for hydroxylation is 1. The average Bonchev–Trinajstić information content (AvgIpc) is 2.74. The zero-order valence-electron chi connectivity index (χ0n) is 17.7. The van der Waals surface area contributed by atoms with Crippen molar-refractivity contribution in [1.82, 2.24) is 9.88 Å². The Labute approximate surface area is 178 Å². The van der Waals surface area contributed by atoms with Crippen molar-refractivity contribution in [2.75, 3.05) is 13.7 Å². The molecule has 0 spiro atoms. The molecule has 30 heavy (non-hydrogen) atoms. The van der Waals surface area contributed by atoms with Gasteiger partial charge in [-0.05, 0) is 61.4 Å². The van der Waals surface area contributed by atoms with E-state index in [2.05, 4.69) is 4.98 Å². The zero-order valence-corrected chi connectivity index (χ0v) is 17.7. The lowest BCUT2D eigenvalue weighted by atomic mass is 10.1. The van der Waals surface area contributed by atoms with Gasteiger partial charge in [-0.15, -0.1) is 0 Å². The Hall–Kier alpha value is -3.18. The lowest BCUT2D eigenvalue weighted by Crippen LogP contribution is -2.30. The molecule has 0 N–H and O–H groups in total. The smallest absolute Gasteiger partial charge is 0.254 e. The Morgan fingerprint density at radius 2 is 1.70 bits per heavy atom. The van der Waals surface area contributed by atoms with Crippen molar-refractivity contribution >= 4 is 5.91 Å². The molecular weight excluding hydrogens is 376 g/mol. The fourth-order valence-electron chi connectivity index (χ4n) is 3.23. The Morgan fingerprint density at radius 3 is 2.40 bits per heavy atom. The van der Waals surface area contributed by atoms with Crippen molar-refractivity contribution in [1.29, 1.82) is 0 Å². The molecule has 0 unspecified atom stereocenters. The molecule has 0 saturated heterocycles. The van der Waals surface area contributed by atoms with Crippen molar-refractivity contribution in [3.63, 3.8) is 0 Å². The molecule has 0 aliphatic rings. The number of aromatic nitrogens is 1. The monoisotopic (exact) mass is 404 g/mol. The van der Waals surface area contributed by atoms with E-state index < -0.39 is 0 Å². The topological polar surface area (TPSA) is 51.7 Å². The van der Waals surface area contributed by atoms with E-state index in [1.165, 1.54) is 0 Å². The molecule has 1 aromatic heterocycles. The lowest BCUT2D eigenvalue weighted by Gasteiger charge is -2.24. The molecule has 5 nitrogen and oxygen atoms in total. The number of hydrogen-bond donors (Lipinski definition) is 0. The lowest BCUT2D eigenvalue weighted by molar-refractivity contribution is 0.0729. The van der Waals surface area contributed by atoms with Crippen LogP contribution >= 0.6 is 0 Å². The first-order chi connectivity index (χ1) is 14.5. The Kier molecular flexibility index (Phi) is 7.57. The fourth-order valence-corrected chi connectivity index (χ4v) is 3.23. The molecule has 1 atom stereocenters. The van der Waals surface area contributed by atoms with E-state index in [1.807, 2.05) is 79.4 Å². The quantitative estimate of drug-likeness (QED) is 0.521. The Bertz CT molecular complexity index is 942. The predicted molar refractivity (Wildman–Crippen MR) is 117 cm³/mol. The second kappa shape index (κ2) is 10.6. The fraction of sp³-hybridized carbons (Fsp3) is 0.280. The Balaban J connectivity index is 1.81. The van der Waals surface area contributed by atoms with Crippen LogP contribution in [0.5, 0.6) is 5.75 Å². The van der Waals surface area contributed by atoms with Gasteiger partial charge in [0.25, 0.3) is 5.91 Å². The SMILES string of the molecule is COC[C@@H](C)Oc1cccc(CN(Cc2ccncc2)C(=O)c2ccc(C)cc2)c1. The normalized spacial score (nSPS) is 11.7. The minimum Gasteiger partial charge on any atom is -0.488 e. The number of benzene rings is 2. The van der Waals surface area contributed by atoms with Gasteiger partial charge in [-0.25, -0.2) is 0 Å². The van der Waals surface area contributed by atoms with E-state index in [1.54, 1.807) is 19.5 Å². The van der Waals surface area contributed by atoms with Gasteiger partial charge in [0.05, 0.1) is 6.61 Å². The van der Waals surface area contributed by atoms with Gasteiger partial charge in [0, 0.05) is 38.2 Å². The summed E-state index contributed by atoms with van der Waals surface area (Å²) in [6.45, 7) is 5.47. The number of carbonyl (C=O) groups excluding carboxylic acids is 1. The number of amides is 1. The number of ether oxygens (including phenoxy) is 2. The first-order valence-electron chi connectivity index (χ1n) is 10.0. The predicted octanol–water partition coefficient (Wildman–Crippen LogP) is 4.65. The number of hydrogen-bond acceptors (Lipinski definition) is 4.